The average molecular weight is 332 g/mol. The first kappa shape index (κ1) is 16.7. The summed E-state index contributed by atoms with van der Waals surface area (Å²) in [6, 6.07) is 17.2. The van der Waals surface area contributed by atoms with Gasteiger partial charge < -0.3 is 10.3 Å². The quantitative estimate of drug-likeness (QED) is 0.701. The van der Waals surface area contributed by atoms with Crippen LogP contribution in [-0.2, 0) is 4.79 Å². The molecule has 0 radical (unpaired) electrons. The number of amides is 1. The second-order valence-corrected chi connectivity index (χ2v) is 5.96. The van der Waals surface area contributed by atoms with Crippen LogP contribution in [0.3, 0.4) is 0 Å². The number of allylic oxidation sites excluding steroid dienone is 1. The number of pyridine rings is 1. The van der Waals surface area contributed by atoms with Gasteiger partial charge in [-0.3, -0.25) is 9.59 Å². The number of hydrogen-bond donors (Lipinski definition) is 2. The Morgan fingerprint density at radius 3 is 2.60 bits per heavy atom. The highest BCUT2D eigenvalue weighted by Crippen LogP contribution is 2.19. The fraction of sp³-hybridized carbons (Fsp3) is 0.143. The van der Waals surface area contributed by atoms with E-state index < -0.39 is 0 Å². The molecule has 3 aromatic rings. The van der Waals surface area contributed by atoms with Crippen molar-refractivity contribution in [2.75, 3.05) is 5.32 Å². The zero-order valence-corrected chi connectivity index (χ0v) is 14.3. The first-order chi connectivity index (χ1) is 12.1. The Bertz CT molecular complexity index is 1000. The number of aryl methyl sites for hydroxylation is 1. The SMILES string of the molecule is CC/C(=C\C(=O)Nc1ccc2cc(C)c(=O)[nH]c2c1)c1ccccc1. The van der Waals surface area contributed by atoms with E-state index in [1.807, 2.05) is 55.5 Å². The van der Waals surface area contributed by atoms with Crippen LogP contribution in [0.25, 0.3) is 16.5 Å². The number of H-pyrrole nitrogens is 1. The molecule has 0 bridgehead atoms. The Morgan fingerprint density at radius 1 is 1.12 bits per heavy atom. The number of carbonyl (C=O) groups is 1. The van der Waals surface area contributed by atoms with Gasteiger partial charge >= 0.3 is 0 Å². The van der Waals surface area contributed by atoms with Crippen LogP contribution in [0.1, 0.15) is 24.5 Å². The van der Waals surface area contributed by atoms with E-state index in [0.717, 1.165) is 22.9 Å². The lowest BCUT2D eigenvalue weighted by molar-refractivity contribution is -0.111. The Balaban J connectivity index is 1.85. The second kappa shape index (κ2) is 7.18. The van der Waals surface area contributed by atoms with Gasteiger partial charge in [-0.1, -0.05) is 43.3 Å². The topological polar surface area (TPSA) is 62.0 Å². The van der Waals surface area contributed by atoms with Gasteiger partial charge in [0.1, 0.15) is 0 Å². The molecule has 0 saturated carbocycles. The minimum Gasteiger partial charge on any atom is -0.322 e. The van der Waals surface area contributed by atoms with Crippen molar-refractivity contribution in [2.24, 2.45) is 0 Å². The molecule has 3 rings (SSSR count). The molecular formula is C21H20N2O2. The average Bonchev–Trinajstić information content (AvgIpc) is 2.61. The van der Waals surface area contributed by atoms with Gasteiger partial charge in [0.25, 0.3) is 5.56 Å². The van der Waals surface area contributed by atoms with Crippen molar-refractivity contribution in [1.29, 1.82) is 0 Å². The molecule has 2 N–H and O–H groups in total. The smallest absolute Gasteiger partial charge is 0.251 e. The molecule has 25 heavy (non-hydrogen) atoms. The molecule has 1 aromatic heterocycles. The summed E-state index contributed by atoms with van der Waals surface area (Å²) in [6.45, 7) is 3.80. The highest BCUT2D eigenvalue weighted by molar-refractivity contribution is 6.04. The van der Waals surface area contributed by atoms with E-state index in [1.54, 1.807) is 19.1 Å². The number of rotatable bonds is 4. The fourth-order valence-corrected chi connectivity index (χ4v) is 2.77. The molecule has 4 heteroatoms. The number of fused-ring (bicyclic) bond motifs is 1. The molecule has 0 unspecified atom stereocenters. The van der Waals surface area contributed by atoms with Gasteiger partial charge in [-0.05, 0) is 48.1 Å². The molecule has 2 aromatic carbocycles. The highest BCUT2D eigenvalue weighted by Gasteiger charge is 2.05. The van der Waals surface area contributed by atoms with Gasteiger partial charge in [-0.25, -0.2) is 0 Å². The lowest BCUT2D eigenvalue weighted by atomic mass is 10.0. The normalized spacial score (nSPS) is 11.5. The van der Waals surface area contributed by atoms with Gasteiger partial charge in [0, 0.05) is 17.3 Å². The molecule has 0 aliphatic carbocycles. The summed E-state index contributed by atoms with van der Waals surface area (Å²) >= 11 is 0. The van der Waals surface area contributed by atoms with Crippen LogP contribution in [0.2, 0.25) is 0 Å². The third-order valence-corrected chi connectivity index (χ3v) is 4.13. The van der Waals surface area contributed by atoms with Crippen molar-refractivity contribution in [3.05, 3.63) is 82.2 Å². The fourth-order valence-electron chi connectivity index (χ4n) is 2.77. The van der Waals surface area contributed by atoms with E-state index >= 15 is 0 Å². The van der Waals surface area contributed by atoms with Crippen LogP contribution < -0.4 is 10.9 Å². The minimum absolute atomic E-state index is 0.117. The summed E-state index contributed by atoms with van der Waals surface area (Å²) < 4.78 is 0. The van der Waals surface area contributed by atoms with E-state index in [4.69, 9.17) is 0 Å². The van der Waals surface area contributed by atoms with E-state index in [9.17, 15) is 9.59 Å². The van der Waals surface area contributed by atoms with Crippen molar-refractivity contribution < 1.29 is 4.79 Å². The number of hydrogen-bond acceptors (Lipinski definition) is 2. The molecule has 0 fully saturated rings. The zero-order valence-electron chi connectivity index (χ0n) is 14.3. The van der Waals surface area contributed by atoms with Gasteiger partial charge in [0.15, 0.2) is 0 Å². The molecule has 0 atom stereocenters. The largest absolute Gasteiger partial charge is 0.322 e. The van der Waals surface area contributed by atoms with Gasteiger partial charge in [-0.15, -0.1) is 0 Å². The molecule has 0 aliphatic rings. The van der Waals surface area contributed by atoms with Gasteiger partial charge in [0.05, 0.1) is 5.52 Å². The molecule has 4 nitrogen and oxygen atoms in total. The maximum atomic E-state index is 12.4. The van der Waals surface area contributed by atoms with Gasteiger partial charge in [0.2, 0.25) is 5.91 Å². The third kappa shape index (κ3) is 3.86. The third-order valence-electron chi connectivity index (χ3n) is 4.13. The summed E-state index contributed by atoms with van der Waals surface area (Å²) in [5.74, 6) is -0.186. The van der Waals surface area contributed by atoms with Crippen LogP contribution in [-0.4, -0.2) is 10.9 Å². The predicted octanol–water partition coefficient (Wildman–Crippen LogP) is 4.27. The first-order valence-electron chi connectivity index (χ1n) is 8.27. The highest BCUT2D eigenvalue weighted by atomic mass is 16.1. The Kier molecular flexibility index (Phi) is 4.80. The lowest BCUT2D eigenvalue weighted by Crippen LogP contribution is -2.11. The number of aromatic nitrogens is 1. The van der Waals surface area contributed by atoms with Crippen molar-refractivity contribution >= 4 is 28.1 Å². The van der Waals surface area contributed by atoms with E-state index in [2.05, 4.69) is 10.3 Å². The summed E-state index contributed by atoms with van der Waals surface area (Å²) in [6.07, 6.45) is 2.39. The van der Waals surface area contributed by atoms with Crippen molar-refractivity contribution in [2.45, 2.75) is 20.3 Å². The summed E-state index contributed by atoms with van der Waals surface area (Å²) in [5.41, 5.74) is 3.92. The summed E-state index contributed by atoms with van der Waals surface area (Å²) in [5, 5.41) is 3.80. The minimum atomic E-state index is -0.186. The van der Waals surface area contributed by atoms with Crippen LogP contribution in [0.5, 0.6) is 0 Å². The Labute approximate surface area is 146 Å². The summed E-state index contributed by atoms with van der Waals surface area (Å²) in [7, 11) is 0. The van der Waals surface area contributed by atoms with E-state index in [-0.39, 0.29) is 11.5 Å². The monoisotopic (exact) mass is 332 g/mol. The Hall–Kier alpha value is -3.14. The maximum Gasteiger partial charge on any atom is 0.251 e. The molecule has 126 valence electrons. The maximum absolute atomic E-state index is 12.4. The number of carbonyl (C=O) groups excluding carboxylic acids is 1. The first-order valence-corrected chi connectivity index (χ1v) is 8.27. The van der Waals surface area contributed by atoms with Crippen LogP contribution in [0.4, 0.5) is 5.69 Å². The predicted molar refractivity (Wildman–Crippen MR) is 103 cm³/mol. The summed E-state index contributed by atoms with van der Waals surface area (Å²) in [4.78, 5) is 26.9. The van der Waals surface area contributed by atoms with Crippen molar-refractivity contribution in [1.82, 2.24) is 4.98 Å². The number of nitrogens with one attached hydrogen (secondary N) is 2. The van der Waals surface area contributed by atoms with E-state index in [0.29, 0.717) is 16.8 Å². The zero-order chi connectivity index (χ0) is 17.8. The van der Waals surface area contributed by atoms with E-state index in [1.165, 1.54) is 0 Å². The van der Waals surface area contributed by atoms with Crippen LogP contribution in [0.15, 0.2) is 65.5 Å². The molecular weight excluding hydrogens is 312 g/mol. The molecule has 1 heterocycles. The molecule has 0 aliphatic heterocycles. The molecule has 1 amide bonds. The lowest BCUT2D eigenvalue weighted by Gasteiger charge is -2.07. The Morgan fingerprint density at radius 2 is 1.88 bits per heavy atom. The molecule has 0 saturated heterocycles. The van der Waals surface area contributed by atoms with Crippen LogP contribution in [0, 0.1) is 6.92 Å². The number of anilines is 1. The molecule has 0 spiro atoms. The van der Waals surface area contributed by atoms with Crippen LogP contribution >= 0.6 is 0 Å². The van der Waals surface area contributed by atoms with Crippen molar-refractivity contribution in [3.63, 3.8) is 0 Å². The number of benzene rings is 2. The standard InChI is InChI=1S/C21H20N2O2/c1-3-15(16-7-5-4-6-8-16)12-20(24)22-18-10-9-17-11-14(2)21(25)23-19(17)13-18/h4-13H,3H2,1-2H3,(H,22,24)(H,23,25)/b15-12+. The van der Waals surface area contributed by atoms with Gasteiger partial charge in [-0.2, -0.15) is 0 Å². The second-order valence-electron chi connectivity index (χ2n) is 5.96. The van der Waals surface area contributed by atoms with Crippen molar-refractivity contribution in [3.8, 4) is 0 Å². The number of aromatic amines is 1.